The van der Waals surface area contributed by atoms with Crippen molar-refractivity contribution in [2.75, 3.05) is 5.32 Å². The summed E-state index contributed by atoms with van der Waals surface area (Å²) in [4.78, 5) is 12.8. The lowest BCUT2D eigenvalue weighted by Gasteiger charge is -2.13. The van der Waals surface area contributed by atoms with E-state index in [0.29, 0.717) is 36.2 Å². The molecular weight excluding hydrogens is 549 g/mol. The number of ether oxygens (including phenoxy) is 2. The molecule has 168 valence electrons. The fraction of sp³-hybridized carbons (Fsp3) is 0.0870. The first-order valence-corrected chi connectivity index (χ1v) is 12.0. The molecule has 0 atom stereocenters. The topological polar surface area (TPSA) is 73.3 Å². The van der Waals surface area contributed by atoms with Gasteiger partial charge in [-0.2, -0.15) is 0 Å². The molecule has 0 bridgehead atoms. The molecule has 0 spiro atoms. The first-order chi connectivity index (χ1) is 16.0. The van der Waals surface area contributed by atoms with E-state index in [0.717, 1.165) is 11.1 Å². The molecule has 1 N–H and O–H groups in total. The zero-order valence-electron chi connectivity index (χ0n) is 16.9. The Morgan fingerprint density at radius 3 is 1.91 bits per heavy atom. The molecule has 0 aliphatic rings. The van der Waals surface area contributed by atoms with E-state index in [4.69, 9.17) is 32.7 Å². The Morgan fingerprint density at radius 1 is 0.879 bits per heavy atom. The summed E-state index contributed by atoms with van der Waals surface area (Å²) in [5, 5.41) is 12.0. The Hall–Kier alpha value is -2.65. The molecule has 10 heteroatoms. The fourth-order valence-corrected chi connectivity index (χ4v) is 4.23. The molecule has 33 heavy (non-hydrogen) atoms. The summed E-state index contributed by atoms with van der Waals surface area (Å²) in [6, 6.07) is 19.8. The summed E-state index contributed by atoms with van der Waals surface area (Å²) >= 11 is 16.9. The number of nitrogens with one attached hydrogen (secondary N) is 1. The lowest BCUT2D eigenvalue weighted by Crippen LogP contribution is -2.12. The highest BCUT2D eigenvalue weighted by Gasteiger charge is 2.14. The normalized spacial score (nSPS) is 10.6. The minimum Gasteiger partial charge on any atom is -0.489 e. The van der Waals surface area contributed by atoms with Crippen molar-refractivity contribution in [3.05, 3.63) is 97.4 Å². The number of aromatic nitrogens is 2. The second-order valence-corrected chi connectivity index (χ2v) is 9.84. The van der Waals surface area contributed by atoms with Crippen LogP contribution in [0.3, 0.4) is 0 Å². The van der Waals surface area contributed by atoms with E-state index in [1.807, 2.05) is 36.4 Å². The smallest absolute Gasteiger partial charge is 0.257 e. The van der Waals surface area contributed by atoms with Crippen molar-refractivity contribution in [1.82, 2.24) is 10.2 Å². The van der Waals surface area contributed by atoms with Gasteiger partial charge in [-0.3, -0.25) is 10.1 Å². The molecule has 4 rings (SSSR count). The number of rotatable bonds is 8. The number of benzene rings is 3. The third-order valence-corrected chi connectivity index (χ3v) is 6.48. The zero-order chi connectivity index (χ0) is 23.2. The van der Waals surface area contributed by atoms with Crippen LogP contribution in [0.1, 0.15) is 21.5 Å². The summed E-state index contributed by atoms with van der Waals surface area (Å²) in [6.07, 6.45) is 0. The van der Waals surface area contributed by atoms with Crippen LogP contribution in [0.5, 0.6) is 11.5 Å². The van der Waals surface area contributed by atoms with Crippen LogP contribution in [-0.4, -0.2) is 16.1 Å². The molecule has 1 amide bonds. The van der Waals surface area contributed by atoms with Crippen molar-refractivity contribution in [2.24, 2.45) is 0 Å². The average molecular weight is 565 g/mol. The Kier molecular flexibility index (Phi) is 7.82. The molecule has 6 nitrogen and oxygen atoms in total. The van der Waals surface area contributed by atoms with Crippen LogP contribution in [0.2, 0.25) is 10.0 Å². The van der Waals surface area contributed by atoms with Crippen molar-refractivity contribution >= 4 is 61.5 Å². The van der Waals surface area contributed by atoms with Crippen LogP contribution < -0.4 is 14.8 Å². The van der Waals surface area contributed by atoms with Gasteiger partial charge in [0.25, 0.3) is 5.91 Å². The maximum absolute atomic E-state index is 12.8. The van der Waals surface area contributed by atoms with E-state index in [2.05, 4.69) is 31.4 Å². The van der Waals surface area contributed by atoms with E-state index in [1.165, 1.54) is 11.3 Å². The number of hydrogen-bond acceptors (Lipinski definition) is 6. The van der Waals surface area contributed by atoms with Crippen LogP contribution in [0.4, 0.5) is 5.13 Å². The van der Waals surface area contributed by atoms with Crippen molar-refractivity contribution in [3.8, 4) is 11.5 Å². The van der Waals surface area contributed by atoms with Gasteiger partial charge in [-0.05, 0) is 40.2 Å². The summed E-state index contributed by atoms with van der Waals surface area (Å²) in [5.74, 6) is 0.537. The van der Waals surface area contributed by atoms with Gasteiger partial charge in [0.2, 0.25) is 5.13 Å². The SMILES string of the molecule is O=C(Nc1nnc(Br)s1)c1cc(OCc2ccccc2Cl)cc(OCc2ccccc2Cl)c1. The summed E-state index contributed by atoms with van der Waals surface area (Å²) < 4.78 is 12.4. The second kappa shape index (κ2) is 11.0. The monoisotopic (exact) mass is 563 g/mol. The van der Waals surface area contributed by atoms with Crippen LogP contribution in [0, 0.1) is 0 Å². The highest BCUT2D eigenvalue weighted by Crippen LogP contribution is 2.28. The van der Waals surface area contributed by atoms with E-state index in [9.17, 15) is 4.79 Å². The van der Waals surface area contributed by atoms with E-state index >= 15 is 0 Å². The molecular formula is C23H16BrCl2N3O3S. The molecule has 0 saturated heterocycles. The Balaban J connectivity index is 1.56. The lowest BCUT2D eigenvalue weighted by molar-refractivity contribution is 0.102. The van der Waals surface area contributed by atoms with Crippen molar-refractivity contribution in [3.63, 3.8) is 0 Å². The number of amides is 1. The average Bonchev–Trinajstić information content (AvgIpc) is 3.22. The fourth-order valence-electron chi connectivity index (χ4n) is 2.85. The van der Waals surface area contributed by atoms with Gasteiger partial charge in [0.05, 0.1) is 0 Å². The van der Waals surface area contributed by atoms with Gasteiger partial charge in [0.15, 0.2) is 3.92 Å². The number of carbonyl (C=O) groups excluding carboxylic acids is 1. The van der Waals surface area contributed by atoms with Crippen LogP contribution in [0.25, 0.3) is 0 Å². The van der Waals surface area contributed by atoms with Gasteiger partial charge in [-0.25, -0.2) is 0 Å². The molecule has 4 aromatic rings. The number of nitrogens with zero attached hydrogens (tertiary/aromatic N) is 2. The largest absolute Gasteiger partial charge is 0.489 e. The van der Waals surface area contributed by atoms with Gasteiger partial charge < -0.3 is 9.47 Å². The Morgan fingerprint density at radius 2 is 1.42 bits per heavy atom. The maximum atomic E-state index is 12.8. The molecule has 0 saturated carbocycles. The standard InChI is InChI=1S/C23H16BrCl2N3O3S/c24-22-28-29-23(33-22)27-21(30)16-9-17(31-12-14-5-1-3-7-19(14)25)11-18(10-16)32-13-15-6-2-4-8-20(15)26/h1-11H,12-13H2,(H,27,29,30). The predicted molar refractivity (Wildman–Crippen MR) is 134 cm³/mol. The van der Waals surface area contributed by atoms with Gasteiger partial charge >= 0.3 is 0 Å². The first-order valence-electron chi connectivity index (χ1n) is 9.66. The van der Waals surface area contributed by atoms with E-state index < -0.39 is 0 Å². The van der Waals surface area contributed by atoms with Crippen LogP contribution in [-0.2, 0) is 13.2 Å². The highest BCUT2D eigenvalue weighted by molar-refractivity contribution is 9.11. The van der Waals surface area contributed by atoms with Crippen molar-refractivity contribution < 1.29 is 14.3 Å². The molecule has 0 unspecified atom stereocenters. The summed E-state index contributed by atoms with van der Waals surface area (Å²) in [5.41, 5.74) is 1.99. The van der Waals surface area contributed by atoms with Crippen LogP contribution in [0.15, 0.2) is 70.6 Å². The lowest BCUT2D eigenvalue weighted by atomic mass is 10.2. The quantitative estimate of drug-likeness (QED) is 0.249. The van der Waals surface area contributed by atoms with Gasteiger partial charge in [0, 0.05) is 32.8 Å². The third kappa shape index (κ3) is 6.45. The maximum Gasteiger partial charge on any atom is 0.257 e. The van der Waals surface area contributed by atoms with Crippen molar-refractivity contribution in [2.45, 2.75) is 13.2 Å². The molecule has 0 radical (unpaired) electrons. The number of carbonyl (C=O) groups is 1. The van der Waals surface area contributed by atoms with Crippen LogP contribution >= 0.6 is 50.5 Å². The van der Waals surface area contributed by atoms with Gasteiger partial charge in [-0.15, -0.1) is 10.2 Å². The molecule has 0 aliphatic heterocycles. The third-order valence-electron chi connectivity index (χ3n) is 4.47. The molecule has 0 aliphatic carbocycles. The summed E-state index contributed by atoms with van der Waals surface area (Å²) in [6.45, 7) is 0.468. The molecule has 0 fully saturated rings. The second-order valence-electron chi connectivity index (χ2n) is 6.77. The summed E-state index contributed by atoms with van der Waals surface area (Å²) in [7, 11) is 0. The molecule has 1 heterocycles. The Bertz CT molecular complexity index is 1220. The Labute approximate surface area is 212 Å². The molecule has 1 aromatic heterocycles. The minimum absolute atomic E-state index is 0.234. The number of hydrogen-bond donors (Lipinski definition) is 1. The first kappa shape index (κ1) is 23.5. The number of anilines is 1. The van der Waals surface area contributed by atoms with Gasteiger partial charge in [0.1, 0.15) is 24.7 Å². The number of halogens is 3. The predicted octanol–water partition coefficient (Wildman–Crippen LogP) is 7.02. The van der Waals surface area contributed by atoms with Crippen molar-refractivity contribution in [1.29, 1.82) is 0 Å². The highest BCUT2D eigenvalue weighted by atomic mass is 79.9. The molecule has 3 aromatic carbocycles. The zero-order valence-corrected chi connectivity index (χ0v) is 20.8. The minimum atomic E-state index is -0.371. The van der Waals surface area contributed by atoms with Gasteiger partial charge in [-0.1, -0.05) is 70.9 Å². The van der Waals surface area contributed by atoms with E-state index in [-0.39, 0.29) is 19.1 Å². The van der Waals surface area contributed by atoms with E-state index in [1.54, 1.807) is 30.3 Å².